The lowest BCUT2D eigenvalue weighted by Crippen LogP contribution is -2.52. The first-order valence-electron chi connectivity index (χ1n) is 13.7. The Morgan fingerprint density at radius 3 is 1.93 bits per heavy atom. The number of benzene rings is 1. The van der Waals surface area contributed by atoms with Gasteiger partial charge in [-0.15, -0.1) is 0 Å². The summed E-state index contributed by atoms with van der Waals surface area (Å²) in [4.78, 5) is 63.9. The summed E-state index contributed by atoms with van der Waals surface area (Å²) in [5.74, 6) is -3.09. The van der Waals surface area contributed by atoms with Crippen molar-refractivity contribution in [3.05, 3.63) is 66.0 Å². The van der Waals surface area contributed by atoms with Crippen molar-refractivity contribution in [2.24, 2.45) is 0 Å². The number of hydrogen-bond acceptors (Lipinski definition) is 6. The molecule has 0 radical (unpaired) electrons. The quantitative estimate of drug-likeness (QED) is 0.351. The molecule has 4 N–H and O–H groups in total. The van der Waals surface area contributed by atoms with Crippen LogP contribution in [0, 0.1) is 6.92 Å². The van der Waals surface area contributed by atoms with Gasteiger partial charge in [0.25, 0.3) is 11.8 Å². The third-order valence-electron chi connectivity index (χ3n) is 5.74. The number of pyridine rings is 1. The Bertz CT molecular complexity index is 1070. The lowest BCUT2D eigenvalue weighted by atomic mass is 10.2. The van der Waals surface area contributed by atoms with Gasteiger partial charge in [0.2, 0.25) is 17.6 Å². The Balaban J connectivity index is 0.000000673. The third-order valence-corrected chi connectivity index (χ3v) is 5.74. The highest BCUT2D eigenvalue weighted by Crippen LogP contribution is 2.17. The highest BCUT2D eigenvalue weighted by Gasteiger charge is 2.24. The van der Waals surface area contributed by atoms with E-state index in [2.05, 4.69) is 59.2 Å². The van der Waals surface area contributed by atoms with E-state index < -0.39 is 48.0 Å². The van der Waals surface area contributed by atoms with Crippen LogP contribution >= 0.6 is 0 Å². The second kappa shape index (κ2) is 19.1. The Morgan fingerprint density at radius 1 is 0.850 bits per heavy atom. The van der Waals surface area contributed by atoms with E-state index in [9.17, 15) is 24.0 Å². The molecule has 1 aliphatic rings. The molecule has 1 heterocycles. The summed E-state index contributed by atoms with van der Waals surface area (Å²) in [5, 5.41) is 9.98. The van der Waals surface area contributed by atoms with Crippen molar-refractivity contribution >= 4 is 29.4 Å². The van der Waals surface area contributed by atoms with Crippen LogP contribution in [-0.2, 0) is 19.2 Å². The minimum absolute atomic E-state index is 0.0132. The fraction of sp³-hybridized carbons (Fsp3) is 0.467. The molecule has 1 saturated carbocycles. The molecular formula is C30H43N5O5. The molecule has 218 valence electrons. The molecule has 10 nitrogen and oxygen atoms in total. The van der Waals surface area contributed by atoms with Gasteiger partial charge in [0.1, 0.15) is 12.1 Å². The Morgan fingerprint density at radius 2 is 1.40 bits per heavy atom. The maximum Gasteiger partial charge on any atom is 0.289 e. The second-order valence-electron chi connectivity index (χ2n) is 9.62. The highest BCUT2D eigenvalue weighted by molar-refractivity contribution is 6.37. The maximum atomic E-state index is 12.2. The number of aryl methyl sites for hydroxylation is 1. The average Bonchev–Trinajstić information content (AvgIpc) is 3.46. The molecule has 0 saturated heterocycles. The van der Waals surface area contributed by atoms with E-state index in [1.54, 1.807) is 0 Å². The molecule has 4 amide bonds. The molecule has 10 heteroatoms. The summed E-state index contributed by atoms with van der Waals surface area (Å²) < 4.78 is 0. The molecule has 0 aliphatic heterocycles. The smallest absolute Gasteiger partial charge is 0.289 e. The SMILES string of the molecule is CC(NC(=O)c1ccncc1)C(=O)N[C@@H](C)C(=O)NCC(=O)C(=O)NC1CCCC1.CCC.Cc1ccccc1. The lowest BCUT2D eigenvalue weighted by molar-refractivity contribution is -0.138. The normalized spacial score (nSPS) is 13.6. The van der Waals surface area contributed by atoms with Gasteiger partial charge in [-0.25, -0.2) is 0 Å². The summed E-state index contributed by atoms with van der Waals surface area (Å²) in [6, 6.07) is 11.5. The number of nitrogens with zero attached hydrogens (tertiary/aromatic N) is 1. The van der Waals surface area contributed by atoms with Crippen LogP contribution in [0.5, 0.6) is 0 Å². The van der Waals surface area contributed by atoms with Crippen LogP contribution in [0.4, 0.5) is 0 Å². The first-order chi connectivity index (χ1) is 19.1. The first-order valence-corrected chi connectivity index (χ1v) is 13.7. The van der Waals surface area contributed by atoms with E-state index in [0.29, 0.717) is 5.56 Å². The van der Waals surface area contributed by atoms with Crippen molar-refractivity contribution in [3.8, 4) is 0 Å². The van der Waals surface area contributed by atoms with Crippen LogP contribution in [0.3, 0.4) is 0 Å². The average molecular weight is 554 g/mol. The van der Waals surface area contributed by atoms with E-state index in [-0.39, 0.29) is 6.04 Å². The van der Waals surface area contributed by atoms with E-state index in [1.807, 2.05) is 18.2 Å². The topological polar surface area (TPSA) is 146 Å². The number of ketones is 1. The van der Waals surface area contributed by atoms with Crippen LogP contribution in [-0.4, -0.2) is 59.1 Å². The largest absolute Gasteiger partial charge is 0.347 e. The zero-order valence-corrected chi connectivity index (χ0v) is 24.2. The van der Waals surface area contributed by atoms with Gasteiger partial charge in [-0.2, -0.15) is 0 Å². The number of nitrogens with one attached hydrogen (secondary N) is 4. The van der Waals surface area contributed by atoms with Crippen LogP contribution in [0.2, 0.25) is 0 Å². The lowest BCUT2D eigenvalue weighted by Gasteiger charge is -2.18. The number of carbonyl (C=O) groups is 5. The number of carbonyl (C=O) groups excluding carboxylic acids is 5. The number of hydrogen-bond donors (Lipinski definition) is 4. The molecule has 1 aromatic heterocycles. The Hall–Kier alpha value is -4.08. The minimum atomic E-state index is -0.955. The van der Waals surface area contributed by atoms with E-state index in [0.717, 1.165) is 25.7 Å². The predicted octanol–water partition coefficient (Wildman–Crippen LogP) is 2.86. The molecule has 2 atom stereocenters. The molecule has 0 spiro atoms. The minimum Gasteiger partial charge on any atom is -0.347 e. The Labute approximate surface area is 237 Å². The monoisotopic (exact) mass is 553 g/mol. The van der Waals surface area contributed by atoms with Crippen molar-refractivity contribution < 1.29 is 24.0 Å². The summed E-state index contributed by atoms with van der Waals surface area (Å²) in [6.45, 7) is 8.80. The van der Waals surface area contributed by atoms with Gasteiger partial charge >= 0.3 is 0 Å². The predicted molar refractivity (Wildman–Crippen MR) is 154 cm³/mol. The van der Waals surface area contributed by atoms with Crippen LogP contribution in [0.1, 0.15) is 75.7 Å². The summed E-state index contributed by atoms with van der Waals surface area (Å²) in [5.41, 5.74) is 1.67. The zero-order valence-electron chi connectivity index (χ0n) is 24.2. The van der Waals surface area contributed by atoms with Gasteiger partial charge < -0.3 is 21.3 Å². The maximum absolute atomic E-state index is 12.2. The fourth-order valence-electron chi connectivity index (χ4n) is 3.52. The summed E-state index contributed by atoms with van der Waals surface area (Å²) in [6.07, 6.45) is 7.92. The Kier molecular flexibility index (Phi) is 16.2. The van der Waals surface area contributed by atoms with E-state index in [1.165, 1.54) is 50.4 Å². The molecule has 2 aromatic rings. The number of amides is 4. The van der Waals surface area contributed by atoms with E-state index in [4.69, 9.17) is 0 Å². The molecule has 1 unspecified atom stereocenters. The van der Waals surface area contributed by atoms with Gasteiger partial charge in [0, 0.05) is 24.0 Å². The number of aromatic nitrogens is 1. The molecular weight excluding hydrogens is 510 g/mol. The molecule has 1 fully saturated rings. The van der Waals surface area contributed by atoms with Crippen LogP contribution in [0.15, 0.2) is 54.9 Å². The van der Waals surface area contributed by atoms with Gasteiger partial charge in [-0.1, -0.05) is 69.0 Å². The molecule has 1 aliphatic carbocycles. The molecule has 40 heavy (non-hydrogen) atoms. The highest BCUT2D eigenvalue weighted by atomic mass is 16.2. The molecule has 3 rings (SSSR count). The second-order valence-corrected chi connectivity index (χ2v) is 9.62. The van der Waals surface area contributed by atoms with Crippen LogP contribution in [0.25, 0.3) is 0 Å². The van der Waals surface area contributed by atoms with E-state index >= 15 is 0 Å². The standard InChI is InChI=1S/C20H27N5O5.C7H8.C3H8/c1-12(17(27)22-11-16(26)20(30)25-15-5-3-4-6-15)23-18(28)13(2)24-19(29)14-7-9-21-10-8-14;1-7-5-3-2-4-6-7;1-3-2/h7-10,12-13,15H,3-6,11H2,1-2H3,(H,22,27)(H,23,28)(H,24,29)(H,25,30);2-6H,1H3;3H2,1-2H3/t12-,13?;;/m0../s1. The molecule has 0 bridgehead atoms. The molecule has 1 aromatic carbocycles. The third kappa shape index (κ3) is 13.6. The van der Waals surface area contributed by atoms with Crippen LogP contribution < -0.4 is 21.3 Å². The van der Waals surface area contributed by atoms with Crippen molar-refractivity contribution in [3.63, 3.8) is 0 Å². The van der Waals surface area contributed by atoms with Crippen molar-refractivity contribution in [2.45, 2.75) is 84.8 Å². The number of Topliss-reactive ketones (excluding diaryl/α,β-unsaturated/α-hetero) is 1. The van der Waals surface area contributed by atoms with Gasteiger partial charge in [-0.3, -0.25) is 29.0 Å². The summed E-state index contributed by atoms with van der Waals surface area (Å²) >= 11 is 0. The van der Waals surface area contributed by atoms with Gasteiger partial charge in [0.05, 0.1) is 6.54 Å². The van der Waals surface area contributed by atoms with Gasteiger partial charge in [0.15, 0.2) is 0 Å². The van der Waals surface area contributed by atoms with Crippen molar-refractivity contribution in [2.75, 3.05) is 6.54 Å². The first kappa shape index (κ1) is 33.9. The van der Waals surface area contributed by atoms with Crippen molar-refractivity contribution in [1.82, 2.24) is 26.3 Å². The number of rotatable bonds is 9. The van der Waals surface area contributed by atoms with Gasteiger partial charge in [-0.05, 0) is 45.7 Å². The van der Waals surface area contributed by atoms with Crippen molar-refractivity contribution in [1.29, 1.82) is 0 Å². The summed E-state index contributed by atoms with van der Waals surface area (Å²) in [7, 11) is 0. The fourth-order valence-corrected chi connectivity index (χ4v) is 3.52. The zero-order chi connectivity index (χ0) is 29.9.